The van der Waals surface area contributed by atoms with Gasteiger partial charge in [-0.2, -0.15) is 5.26 Å². The maximum atomic E-state index is 11.8. The van der Waals surface area contributed by atoms with Gasteiger partial charge >= 0.3 is 0 Å². The number of carbonyl (C=O) groups excluding carboxylic acids is 2. The van der Waals surface area contributed by atoms with Crippen LogP contribution < -0.4 is 5.32 Å². The topological polar surface area (TPSA) is 70.0 Å². The number of hydrogen-bond donors (Lipinski definition) is 1. The number of hydrogen-bond acceptors (Lipinski definition) is 3. The van der Waals surface area contributed by atoms with Crippen LogP contribution in [0.15, 0.2) is 16.6 Å². The fraction of sp³-hybridized carbons (Fsp3) is 0.250. The van der Waals surface area contributed by atoms with Crippen LogP contribution in [0.5, 0.6) is 0 Å². The molecule has 0 saturated carbocycles. The third kappa shape index (κ3) is 2.26. The zero-order chi connectivity index (χ0) is 13.3. The number of nitrogens with zero attached hydrogens (tertiary/aromatic N) is 1. The Bertz CT molecular complexity index is 580. The van der Waals surface area contributed by atoms with Crippen molar-refractivity contribution in [3.63, 3.8) is 0 Å². The molecule has 1 fully saturated rings. The first-order chi connectivity index (χ1) is 8.54. The van der Waals surface area contributed by atoms with Crippen LogP contribution in [0.1, 0.15) is 29.9 Å². The molecule has 1 aromatic rings. The van der Waals surface area contributed by atoms with Crippen molar-refractivity contribution in [3.05, 3.63) is 32.8 Å². The molecule has 1 N–H and O–H groups in total. The first kappa shape index (κ1) is 13.1. The molecule has 1 aliphatic rings. The summed E-state index contributed by atoms with van der Waals surface area (Å²) in [7, 11) is 0. The van der Waals surface area contributed by atoms with Crippen LogP contribution >= 0.6 is 27.5 Å². The Morgan fingerprint density at radius 3 is 2.78 bits per heavy atom. The van der Waals surface area contributed by atoms with E-state index in [1.807, 2.05) is 6.07 Å². The lowest BCUT2D eigenvalue weighted by molar-refractivity contribution is -0.134. The number of benzene rings is 1. The van der Waals surface area contributed by atoms with Crippen molar-refractivity contribution < 1.29 is 9.59 Å². The van der Waals surface area contributed by atoms with Gasteiger partial charge in [0.2, 0.25) is 11.8 Å². The van der Waals surface area contributed by atoms with E-state index in [0.29, 0.717) is 22.0 Å². The van der Waals surface area contributed by atoms with E-state index in [0.717, 1.165) is 0 Å². The molecular weight excluding hydrogens is 320 g/mol. The fourth-order valence-electron chi connectivity index (χ4n) is 1.93. The minimum absolute atomic E-state index is 0.265. The summed E-state index contributed by atoms with van der Waals surface area (Å²) in [4.78, 5) is 22.8. The molecule has 1 heterocycles. The summed E-state index contributed by atoms with van der Waals surface area (Å²) in [5.41, 5.74) is 0.889. The standard InChI is InChI=1S/C12H8BrClN2O2/c13-9-3-1-6(11(14)8(9)5-15)7-2-4-10(17)16-12(7)18/h1,3,7H,2,4H2,(H,16,17,18). The van der Waals surface area contributed by atoms with Crippen molar-refractivity contribution in [2.24, 2.45) is 0 Å². The highest BCUT2D eigenvalue weighted by Crippen LogP contribution is 2.35. The number of piperidine rings is 1. The van der Waals surface area contributed by atoms with Gasteiger partial charge in [0.25, 0.3) is 0 Å². The highest BCUT2D eigenvalue weighted by molar-refractivity contribution is 9.10. The van der Waals surface area contributed by atoms with E-state index >= 15 is 0 Å². The number of halogens is 2. The van der Waals surface area contributed by atoms with Crippen LogP contribution in [0.4, 0.5) is 0 Å². The summed E-state index contributed by atoms with van der Waals surface area (Å²) in [6, 6.07) is 5.37. The minimum Gasteiger partial charge on any atom is -0.296 e. The van der Waals surface area contributed by atoms with Crippen LogP contribution in [0, 0.1) is 11.3 Å². The molecule has 0 aromatic heterocycles. The van der Waals surface area contributed by atoms with E-state index in [4.69, 9.17) is 16.9 Å². The van der Waals surface area contributed by atoms with E-state index in [1.54, 1.807) is 12.1 Å². The van der Waals surface area contributed by atoms with E-state index < -0.39 is 5.92 Å². The highest BCUT2D eigenvalue weighted by atomic mass is 79.9. The van der Waals surface area contributed by atoms with Crippen molar-refractivity contribution in [3.8, 4) is 6.07 Å². The van der Waals surface area contributed by atoms with Crippen molar-refractivity contribution in [2.75, 3.05) is 0 Å². The molecule has 2 amide bonds. The lowest BCUT2D eigenvalue weighted by atomic mass is 9.89. The SMILES string of the molecule is N#Cc1c(Br)ccc(C2CCC(=O)NC2=O)c1Cl. The molecule has 0 aliphatic carbocycles. The highest BCUT2D eigenvalue weighted by Gasteiger charge is 2.30. The van der Waals surface area contributed by atoms with Gasteiger partial charge in [-0.25, -0.2) is 0 Å². The van der Waals surface area contributed by atoms with Gasteiger partial charge in [-0.3, -0.25) is 14.9 Å². The minimum atomic E-state index is -0.476. The van der Waals surface area contributed by atoms with Crippen molar-refractivity contribution in [1.82, 2.24) is 5.32 Å². The summed E-state index contributed by atoms with van der Waals surface area (Å²) >= 11 is 9.36. The zero-order valence-electron chi connectivity index (χ0n) is 9.17. The maximum absolute atomic E-state index is 11.8. The van der Waals surface area contributed by atoms with E-state index in [9.17, 15) is 9.59 Å². The molecule has 1 aromatic carbocycles. The third-order valence-corrected chi connectivity index (χ3v) is 3.92. The molecule has 0 spiro atoms. The van der Waals surface area contributed by atoms with Crippen molar-refractivity contribution in [1.29, 1.82) is 5.26 Å². The van der Waals surface area contributed by atoms with Gasteiger partial charge in [0.15, 0.2) is 0 Å². The van der Waals surface area contributed by atoms with E-state index in [-0.39, 0.29) is 23.3 Å². The van der Waals surface area contributed by atoms with E-state index in [1.165, 1.54) is 0 Å². The van der Waals surface area contributed by atoms with Gasteiger partial charge < -0.3 is 0 Å². The van der Waals surface area contributed by atoms with Crippen LogP contribution in [0.3, 0.4) is 0 Å². The Labute approximate surface area is 117 Å². The third-order valence-electron chi connectivity index (χ3n) is 2.85. The van der Waals surface area contributed by atoms with Crippen LogP contribution in [0.2, 0.25) is 5.02 Å². The first-order valence-corrected chi connectivity index (χ1v) is 6.43. The molecule has 2 rings (SSSR count). The average Bonchev–Trinajstić information content (AvgIpc) is 2.31. The quantitative estimate of drug-likeness (QED) is 0.806. The van der Waals surface area contributed by atoms with Gasteiger partial charge in [0.1, 0.15) is 6.07 Å². The molecular formula is C12H8BrClN2O2. The van der Waals surface area contributed by atoms with Crippen LogP contribution in [-0.2, 0) is 9.59 Å². The van der Waals surface area contributed by atoms with Gasteiger partial charge in [0.05, 0.1) is 16.5 Å². The number of amides is 2. The number of nitriles is 1. The molecule has 1 aliphatic heterocycles. The molecule has 1 saturated heterocycles. The number of imide groups is 1. The molecule has 0 bridgehead atoms. The summed E-state index contributed by atoms with van der Waals surface area (Å²) in [6.07, 6.45) is 0.696. The molecule has 0 radical (unpaired) electrons. The molecule has 92 valence electrons. The second kappa shape index (κ2) is 5.09. The van der Waals surface area contributed by atoms with Crippen molar-refractivity contribution >= 4 is 39.3 Å². The number of rotatable bonds is 1. The largest absolute Gasteiger partial charge is 0.296 e. The molecule has 1 unspecified atom stereocenters. The average molecular weight is 328 g/mol. The Balaban J connectivity index is 2.44. The monoisotopic (exact) mass is 326 g/mol. The molecule has 4 nitrogen and oxygen atoms in total. The van der Waals surface area contributed by atoms with Crippen LogP contribution in [-0.4, -0.2) is 11.8 Å². The first-order valence-electron chi connectivity index (χ1n) is 5.26. The maximum Gasteiger partial charge on any atom is 0.234 e. The Kier molecular flexibility index (Phi) is 3.69. The molecule has 18 heavy (non-hydrogen) atoms. The summed E-state index contributed by atoms with van der Waals surface area (Å²) in [5.74, 6) is -1.11. The Morgan fingerprint density at radius 1 is 1.44 bits per heavy atom. The second-order valence-corrected chi connectivity index (χ2v) is 5.17. The Hall–Kier alpha value is -1.38. The smallest absolute Gasteiger partial charge is 0.234 e. The van der Waals surface area contributed by atoms with Gasteiger partial charge in [0, 0.05) is 10.9 Å². The number of carbonyl (C=O) groups is 2. The summed E-state index contributed by atoms with van der Waals surface area (Å²) < 4.78 is 0.589. The van der Waals surface area contributed by atoms with Gasteiger partial charge in [-0.1, -0.05) is 17.7 Å². The number of nitrogens with one attached hydrogen (secondary N) is 1. The molecule has 1 atom stereocenters. The predicted molar refractivity (Wildman–Crippen MR) is 69.0 cm³/mol. The van der Waals surface area contributed by atoms with Gasteiger partial charge in [-0.15, -0.1) is 0 Å². The summed E-state index contributed by atoms with van der Waals surface area (Å²) in [6.45, 7) is 0. The van der Waals surface area contributed by atoms with Crippen LogP contribution in [0.25, 0.3) is 0 Å². The normalized spacial score (nSPS) is 19.3. The lowest BCUT2D eigenvalue weighted by Gasteiger charge is -2.22. The molecule has 6 heteroatoms. The summed E-state index contributed by atoms with van der Waals surface area (Å²) in [5, 5.41) is 11.6. The fourth-order valence-corrected chi connectivity index (χ4v) is 2.80. The lowest BCUT2D eigenvalue weighted by Crippen LogP contribution is -2.39. The zero-order valence-corrected chi connectivity index (χ0v) is 11.5. The predicted octanol–water partition coefficient (Wildman–Crippen LogP) is 2.49. The van der Waals surface area contributed by atoms with Gasteiger partial charge in [-0.05, 0) is 34.0 Å². The Morgan fingerprint density at radius 2 is 2.17 bits per heavy atom. The second-order valence-electron chi connectivity index (χ2n) is 3.94. The van der Waals surface area contributed by atoms with Crippen molar-refractivity contribution in [2.45, 2.75) is 18.8 Å². The van der Waals surface area contributed by atoms with E-state index in [2.05, 4.69) is 21.2 Å².